The Kier molecular flexibility index (Phi) is 11.3. The summed E-state index contributed by atoms with van der Waals surface area (Å²) in [7, 11) is 2.60. The minimum atomic E-state index is -0.680. The number of alkyl carbamates (subject to hydrolysis) is 2. The standard InChI is InChI=1S/C43H51N7O6.CH4/c1-23(2)37(48-43(54)56-5)41(52)49-16-6-7-36(49)39-45-22-35(47-39)28-12-15-33-27(18-28)9-8-26-17-25(11-14-32(26)33)30-20-34(44-21-30)38-29-10-13-31(19-29)50(38)40(51)24(3)46-42(53)55-4;/h11-12,14-15,17-18,21-24,29,31,36-38H,6-10,13,16,19-20H2,1-5H3,(H,45,47)(H,46,53)(H,48,54);1H4/t24-,29-,31+,36-,37-,38-;/m0./s1. The lowest BCUT2D eigenvalue weighted by molar-refractivity contribution is -0.136. The molecule has 3 N–H and O–H groups in total. The van der Waals surface area contributed by atoms with E-state index in [-0.39, 0.29) is 43.3 Å². The molecule has 3 aromatic rings. The Morgan fingerprint density at radius 2 is 1.56 bits per heavy atom. The predicted molar refractivity (Wildman–Crippen MR) is 218 cm³/mol. The zero-order valence-corrected chi connectivity index (χ0v) is 32.8. The number of benzene rings is 2. The van der Waals surface area contributed by atoms with Crippen molar-refractivity contribution in [2.75, 3.05) is 20.8 Å². The van der Waals surface area contributed by atoms with Gasteiger partial charge in [0, 0.05) is 30.9 Å². The number of carbonyl (C=O) groups is 4. The van der Waals surface area contributed by atoms with E-state index in [4.69, 9.17) is 19.5 Å². The summed E-state index contributed by atoms with van der Waals surface area (Å²) in [6.45, 7) is 6.15. The molecule has 13 nitrogen and oxygen atoms in total. The summed E-state index contributed by atoms with van der Waals surface area (Å²) < 4.78 is 9.51. The van der Waals surface area contributed by atoms with Crippen LogP contribution in [0, 0.1) is 11.8 Å². The Labute approximate surface area is 334 Å². The SMILES string of the molecule is C.COC(=O)N[C@@H](C)C(=O)N1[C@@H]2CC[C@@H](C2)[C@H]1C1=NC=C(c2ccc3c(c2)CCc2cc(-c4cnc([C@@H]5CCCN5C(=O)[C@@H](NC(=O)OC)C(C)C)[nH]4)ccc2-3)C1. The predicted octanol–water partition coefficient (Wildman–Crippen LogP) is 6.83. The quantitative estimate of drug-likeness (QED) is 0.215. The molecule has 57 heavy (non-hydrogen) atoms. The van der Waals surface area contributed by atoms with Gasteiger partial charge in [-0.25, -0.2) is 14.6 Å². The molecule has 6 atom stereocenters. The normalized spacial score (nSPS) is 22.8. The fraction of sp³-hybridized carbons (Fsp3) is 0.500. The lowest BCUT2D eigenvalue weighted by Gasteiger charge is -2.37. The van der Waals surface area contributed by atoms with Crippen molar-refractivity contribution in [3.8, 4) is 22.4 Å². The molecule has 5 aliphatic rings. The molecule has 0 unspecified atom stereocenters. The molecule has 1 saturated carbocycles. The van der Waals surface area contributed by atoms with Gasteiger partial charge in [-0.2, -0.15) is 0 Å². The minimum Gasteiger partial charge on any atom is -0.453 e. The van der Waals surface area contributed by atoms with Gasteiger partial charge in [-0.1, -0.05) is 51.6 Å². The number of aliphatic imine (C=N–C) groups is 1. The molecule has 3 aliphatic heterocycles. The number of carbonyl (C=O) groups excluding carboxylic acids is 4. The number of H-pyrrole nitrogens is 1. The number of amides is 4. The highest BCUT2D eigenvalue weighted by molar-refractivity contribution is 6.04. The zero-order chi connectivity index (χ0) is 39.2. The smallest absolute Gasteiger partial charge is 0.407 e. The molecule has 2 aliphatic carbocycles. The van der Waals surface area contributed by atoms with Crippen LogP contribution >= 0.6 is 0 Å². The van der Waals surface area contributed by atoms with Crippen LogP contribution in [0.25, 0.3) is 28.0 Å². The number of likely N-dealkylation sites (tertiary alicyclic amines) is 2. The lowest BCUT2D eigenvalue weighted by Crippen LogP contribution is -2.55. The van der Waals surface area contributed by atoms with Crippen LogP contribution in [0.2, 0.25) is 0 Å². The number of methoxy groups -OCH3 is 2. The van der Waals surface area contributed by atoms with Gasteiger partial charge in [-0.15, -0.1) is 0 Å². The highest BCUT2D eigenvalue weighted by Gasteiger charge is 2.51. The van der Waals surface area contributed by atoms with Crippen molar-refractivity contribution in [1.29, 1.82) is 0 Å². The van der Waals surface area contributed by atoms with Crippen molar-refractivity contribution >= 4 is 35.3 Å². The van der Waals surface area contributed by atoms with Gasteiger partial charge in [0.05, 0.1) is 38.2 Å². The number of allylic oxidation sites excluding steroid dienone is 1. The van der Waals surface area contributed by atoms with Gasteiger partial charge < -0.3 is 34.9 Å². The highest BCUT2D eigenvalue weighted by Crippen LogP contribution is 2.46. The molecule has 302 valence electrons. The average molecular weight is 778 g/mol. The lowest BCUT2D eigenvalue weighted by atomic mass is 9.82. The number of rotatable bonds is 9. The molecule has 2 bridgehead atoms. The van der Waals surface area contributed by atoms with Crippen LogP contribution in [0.1, 0.15) is 95.3 Å². The molecule has 4 heterocycles. The van der Waals surface area contributed by atoms with E-state index in [2.05, 4.69) is 52.0 Å². The summed E-state index contributed by atoms with van der Waals surface area (Å²) in [4.78, 5) is 68.0. The third-order valence-electron chi connectivity index (χ3n) is 12.5. The maximum absolute atomic E-state index is 13.6. The Bertz CT molecular complexity index is 2120. The first-order chi connectivity index (χ1) is 27.0. The van der Waals surface area contributed by atoms with E-state index in [1.54, 1.807) is 6.92 Å². The summed E-state index contributed by atoms with van der Waals surface area (Å²) in [5, 5.41) is 5.37. The molecular weight excluding hydrogens is 723 g/mol. The van der Waals surface area contributed by atoms with E-state index >= 15 is 0 Å². The van der Waals surface area contributed by atoms with Gasteiger partial charge in [-0.05, 0) is 109 Å². The van der Waals surface area contributed by atoms with E-state index in [0.717, 1.165) is 78.9 Å². The number of hydrogen-bond acceptors (Lipinski definition) is 8. The van der Waals surface area contributed by atoms with Crippen LogP contribution in [0.4, 0.5) is 9.59 Å². The molecular formula is C44H55N7O6. The highest BCUT2D eigenvalue weighted by atomic mass is 16.5. The summed E-state index contributed by atoms with van der Waals surface area (Å²) in [6, 6.07) is 11.9. The van der Waals surface area contributed by atoms with Crippen molar-refractivity contribution in [3.05, 3.63) is 71.3 Å². The summed E-state index contributed by atoms with van der Waals surface area (Å²) in [5.74, 6) is 0.838. The molecule has 8 rings (SSSR count). The number of hydrogen-bond donors (Lipinski definition) is 3. The molecule has 0 spiro atoms. The fourth-order valence-electron chi connectivity index (χ4n) is 9.67. The first kappa shape index (κ1) is 39.8. The summed E-state index contributed by atoms with van der Waals surface area (Å²) in [5.41, 5.74) is 10.4. The van der Waals surface area contributed by atoms with Crippen molar-refractivity contribution < 1.29 is 28.7 Å². The van der Waals surface area contributed by atoms with Crippen molar-refractivity contribution in [2.45, 2.75) is 110 Å². The van der Waals surface area contributed by atoms with E-state index in [1.807, 2.05) is 36.0 Å². The van der Waals surface area contributed by atoms with Crippen LogP contribution in [0.15, 0.2) is 53.8 Å². The number of aryl methyl sites for hydroxylation is 2. The number of nitrogens with zero attached hydrogens (tertiary/aromatic N) is 4. The second-order valence-corrected chi connectivity index (χ2v) is 16.2. The van der Waals surface area contributed by atoms with Crippen LogP contribution in [0.5, 0.6) is 0 Å². The topological polar surface area (TPSA) is 158 Å². The molecule has 4 amide bonds. The largest absolute Gasteiger partial charge is 0.453 e. The third-order valence-corrected chi connectivity index (χ3v) is 12.5. The Hall–Kier alpha value is -5.46. The molecule has 3 fully saturated rings. The second kappa shape index (κ2) is 16.2. The Morgan fingerprint density at radius 1 is 0.877 bits per heavy atom. The van der Waals surface area contributed by atoms with Gasteiger partial charge in [0.2, 0.25) is 11.8 Å². The van der Waals surface area contributed by atoms with Gasteiger partial charge in [-0.3, -0.25) is 14.6 Å². The van der Waals surface area contributed by atoms with Crippen LogP contribution in [-0.4, -0.2) is 94.4 Å². The van der Waals surface area contributed by atoms with E-state index < -0.39 is 24.3 Å². The monoisotopic (exact) mass is 777 g/mol. The van der Waals surface area contributed by atoms with Crippen LogP contribution in [-0.2, 0) is 31.9 Å². The fourth-order valence-corrected chi connectivity index (χ4v) is 9.67. The van der Waals surface area contributed by atoms with Crippen molar-refractivity contribution in [2.24, 2.45) is 16.8 Å². The number of piperidine rings is 1. The second-order valence-electron chi connectivity index (χ2n) is 16.2. The van der Waals surface area contributed by atoms with E-state index in [0.29, 0.717) is 18.9 Å². The van der Waals surface area contributed by atoms with E-state index in [9.17, 15) is 19.2 Å². The number of aromatic nitrogens is 2. The number of fused-ring (bicyclic) bond motifs is 5. The number of aromatic amines is 1. The third kappa shape index (κ3) is 7.44. The van der Waals surface area contributed by atoms with Crippen LogP contribution < -0.4 is 10.6 Å². The summed E-state index contributed by atoms with van der Waals surface area (Å²) in [6.07, 6.45) is 9.86. The Balaban J connectivity index is 0.00000496. The van der Waals surface area contributed by atoms with Crippen molar-refractivity contribution in [1.82, 2.24) is 30.4 Å². The summed E-state index contributed by atoms with van der Waals surface area (Å²) >= 11 is 0. The molecule has 13 heteroatoms. The van der Waals surface area contributed by atoms with Crippen LogP contribution in [0.3, 0.4) is 0 Å². The number of nitrogens with one attached hydrogen (secondary N) is 3. The maximum atomic E-state index is 13.6. The maximum Gasteiger partial charge on any atom is 0.407 e. The molecule has 2 aromatic carbocycles. The number of ether oxygens (including phenoxy) is 2. The minimum absolute atomic E-state index is 0. The zero-order valence-electron chi connectivity index (χ0n) is 32.8. The van der Waals surface area contributed by atoms with Gasteiger partial charge in [0.25, 0.3) is 0 Å². The first-order valence-corrected chi connectivity index (χ1v) is 19.9. The first-order valence-electron chi connectivity index (χ1n) is 19.9. The molecule has 2 saturated heterocycles. The molecule has 0 radical (unpaired) electrons. The van der Waals surface area contributed by atoms with Gasteiger partial charge >= 0.3 is 12.2 Å². The number of imidazole rings is 1. The Morgan fingerprint density at radius 3 is 2.26 bits per heavy atom. The van der Waals surface area contributed by atoms with E-state index in [1.165, 1.54) is 36.5 Å². The van der Waals surface area contributed by atoms with Gasteiger partial charge in [0.15, 0.2) is 0 Å². The average Bonchev–Trinajstić information content (AvgIpc) is 4.06. The van der Waals surface area contributed by atoms with Gasteiger partial charge in [0.1, 0.15) is 17.9 Å². The molecule has 1 aromatic heterocycles. The van der Waals surface area contributed by atoms with Crippen molar-refractivity contribution in [3.63, 3.8) is 0 Å².